The van der Waals surface area contributed by atoms with Crippen LogP contribution in [0.4, 0.5) is 5.69 Å². The van der Waals surface area contributed by atoms with Crippen molar-refractivity contribution < 1.29 is 14.3 Å². The molecule has 0 atom stereocenters. The summed E-state index contributed by atoms with van der Waals surface area (Å²) in [5, 5.41) is 14.9. The summed E-state index contributed by atoms with van der Waals surface area (Å²) in [6.45, 7) is 6.22. The number of aryl methyl sites for hydroxylation is 1. The van der Waals surface area contributed by atoms with Crippen LogP contribution < -0.4 is 15.4 Å². The van der Waals surface area contributed by atoms with E-state index < -0.39 is 0 Å². The predicted octanol–water partition coefficient (Wildman–Crippen LogP) is 4.98. The van der Waals surface area contributed by atoms with Crippen molar-refractivity contribution in [2.45, 2.75) is 38.4 Å². The Bertz CT molecular complexity index is 1220. The summed E-state index contributed by atoms with van der Waals surface area (Å²) in [5.41, 5.74) is 2.57. The van der Waals surface area contributed by atoms with E-state index >= 15 is 0 Å². The second kappa shape index (κ2) is 12.3. The van der Waals surface area contributed by atoms with Gasteiger partial charge in [0.25, 0.3) is 5.91 Å². The van der Waals surface area contributed by atoms with Gasteiger partial charge in [0.1, 0.15) is 5.75 Å². The van der Waals surface area contributed by atoms with Crippen molar-refractivity contribution in [1.82, 2.24) is 20.1 Å². The fourth-order valence-electron chi connectivity index (χ4n) is 3.16. The van der Waals surface area contributed by atoms with Gasteiger partial charge >= 0.3 is 0 Å². The highest BCUT2D eigenvalue weighted by Crippen LogP contribution is 2.30. The molecule has 2 amide bonds. The van der Waals surface area contributed by atoms with Crippen LogP contribution in [0.2, 0.25) is 10.0 Å². The molecule has 0 aliphatic carbocycles. The van der Waals surface area contributed by atoms with Crippen LogP contribution in [0.1, 0.15) is 36.7 Å². The highest BCUT2D eigenvalue weighted by molar-refractivity contribution is 7.99. The third-order valence-corrected chi connectivity index (χ3v) is 6.92. The first-order valence-electron chi connectivity index (χ1n) is 10.9. The molecule has 35 heavy (non-hydrogen) atoms. The van der Waals surface area contributed by atoms with Gasteiger partial charge in [0.2, 0.25) is 5.91 Å². The van der Waals surface area contributed by atoms with Gasteiger partial charge in [0.15, 0.2) is 17.6 Å². The largest absolute Gasteiger partial charge is 0.483 e. The zero-order chi connectivity index (χ0) is 25.5. The summed E-state index contributed by atoms with van der Waals surface area (Å²) < 4.78 is 7.50. The molecule has 2 aromatic carbocycles. The van der Waals surface area contributed by atoms with E-state index in [-0.39, 0.29) is 41.7 Å². The highest BCUT2D eigenvalue weighted by Gasteiger charge is 2.15. The van der Waals surface area contributed by atoms with Crippen LogP contribution >= 0.6 is 35.0 Å². The second-order valence-corrected chi connectivity index (χ2v) is 9.89. The third kappa shape index (κ3) is 7.37. The Kier molecular flexibility index (Phi) is 9.42. The first-order valence-corrected chi connectivity index (χ1v) is 12.6. The summed E-state index contributed by atoms with van der Waals surface area (Å²) in [7, 11) is 1.77. The maximum atomic E-state index is 12.3. The summed E-state index contributed by atoms with van der Waals surface area (Å²) in [6.07, 6.45) is 0. The van der Waals surface area contributed by atoms with Gasteiger partial charge in [-0.25, -0.2) is 0 Å². The van der Waals surface area contributed by atoms with Crippen LogP contribution in [-0.2, 0) is 23.2 Å². The van der Waals surface area contributed by atoms with Crippen molar-refractivity contribution in [3.63, 3.8) is 0 Å². The van der Waals surface area contributed by atoms with Gasteiger partial charge < -0.3 is 19.9 Å². The fourth-order valence-corrected chi connectivity index (χ4v) is 4.23. The molecular formula is C24H27Cl2N5O3S. The van der Waals surface area contributed by atoms with E-state index in [0.29, 0.717) is 27.4 Å². The predicted molar refractivity (Wildman–Crippen MR) is 139 cm³/mol. The quantitative estimate of drug-likeness (QED) is 0.355. The number of nitrogens with one attached hydrogen (secondary N) is 2. The zero-order valence-electron chi connectivity index (χ0n) is 19.9. The molecule has 0 spiro atoms. The molecular weight excluding hydrogens is 509 g/mol. The Hall–Kier alpha value is -2.75. The minimum Gasteiger partial charge on any atom is -0.483 e. The number of hydrogen-bond donors (Lipinski definition) is 2. The molecule has 0 radical (unpaired) electrons. The number of aromatic nitrogens is 3. The van der Waals surface area contributed by atoms with Gasteiger partial charge in [-0.1, -0.05) is 67.0 Å². The number of carbonyl (C=O) groups excluding carboxylic acids is 2. The number of anilines is 1. The molecule has 0 bridgehead atoms. The number of halogens is 2. The number of hydrogen-bond acceptors (Lipinski definition) is 6. The SMILES string of the molecule is Cc1ccc(C(C)C)c(OCC(=O)NCc2nnc(SCC(=O)Nc3cccc(Cl)c3Cl)n2C)c1. The van der Waals surface area contributed by atoms with Crippen LogP contribution in [0.25, 0.3) is 0 Å². The van der Waals surface area contributed by atoms with Crippen molar-refractivity contribution in [1.29, 1.82) is 0 Å². The van der Waals surface area contributed by atoms with Gasteiger partial charge in [0.05, 0.1) is 28.0 Å². The van der Waals surface area contributed by atoms with Crippen LogP contribution in [-0.4, -0.2) is 38.9 Å². The molecule has 8 nitrogen and oxygen atoms in total. The molecule has 186 valence electrons. The first-order chi connectivity index (χ1) is 16.7. The van der Waals surface area contributed by atoms with Gasteiger partial charge in [-0.2, -0.15) is 0 Å². The lowest BCUT2D eigenvalue weighted by Crippen LogP contribution is -2.29. The molecule has 0 saturated carbocycles. The second-order valence-electron chi connectivity index (χ2n) is 8.16. The van der Waals surface area contributed by atoms with Gasteiger partial charge in [-0.05, 0) is 42.2 Å². The van der Waals surface area contributed by atoms with Crippen molar-refractivity contribution in [2.24, 2.45) is 7.05 Å². The van der Waals surface area contributed by atoms with E-state index in [1.807, 2.05) is 25.1 Å². The lowest BCUT2D eigenvalue weighted by Gasteiger charge is -2.14. The van der Waals surface area contributed by atoms with Crippen molar-refractivity contribution in [2.75, 3.05) is 17.7 Å². The third-order valence-electron chi connectivity index (χ3n) is 5.08. The van der Waals surface area contributed by atoms with E-state index in [2.05, 4.69) is 34.7 Å². The Labute approximate surface area is 218 Å². The standard InChI is InChI=1S/C24H27Cl2N5O3S/c1-14(2)16-9-8-15(3)10-19(16)34-12-21(32)27-11-20-29-30-24(31(20)4)35-13-22(33)28-18-7-5-6-17(25)23(18)26/h5-10,14H,11-13H2,1-4H3,(H,27,32)(H,28,33). The average Bonchev–Trinajstić information content (AvgIpc) is 3.17. The Morgan fingerprint density at radius 2 is 1.91 bits per heavy atom. The number of amides is 2. The zero-order valence-corrected chi connectivity index (χ0v) is 22.2. The molecule has 1 aromatic heterocycles. The maximum Gasteiger partial charge on any atom is 0.258 e. The molecule has 0 unspecified atom stereocenters. The molecule has 3 aromatic rings. The molecule has 11 heteroatoms. The van der Waals surface area contributed by atoms with E-state index in [0.717, 1.165) is 11.1 Å². The number of rotatable bonds is 10. The minimum atomic E-state index is -0.267. The molecule has 1 heterocycles. The van der Waals surface area contributed by atoms with Crippen LogP contribution in [0.3, 0.4) is 0 Å². The molecule has 0 aliphatic heterocycles. The van der Waals surface area contributed by atoms with Crippen LogP contribution in [0, 0.1) is 6.92 Å². The van der Waals surface area contributed by atoms with Gasteiger partial charge in [0, 0.05) is 7.05 Å². The van der Waals surface area contributed by atoms with Crippen LogP contribution in [0.15, 0.2) is 41.6 Å². The summed E-state index contributed by atoms with van der Waals surface area (Å²) in [4.78, 5) is 24.6. The van der Waals surface area contributed by atoms with E-state index in [1.165, 1.54) is 11.8 Å². The van der Waals surface area contributed by atoms with Crippen molar-refractivity contribution >= 4 is 52.5 Å². The topological polar surface area (TPSA) is 98.1 Å². The molecule has 2 N–H and O–H groups in total. The van der Waals surface area contributed by atoms with E-state index in [4.69, 9.17) is 27.9 Å². The Balaban J connectivity index is 1.49. The van der Waals surface area contributed by atoms with Gasteiger partial charge in [-0.3, -0.25) is 9.59 Å². The lowest BCUT2D eigenvalue weighted by molar-refractivity contribution is -0.123. The van der Waals surface area contributed by atoms with E-state index in [1.54, 1.807) is 29.8 Å². The Morgan fingerprint density at radius 1 is 1.14 bits per heavy atom. The van der Waals surface area contributed by atoms with E-state index in [9.17, 15) is 9.59 Å². The fraction of sp³-hybridized carbons (Fsp3) is 0.333. The molecule has 0 saturated heterocycles. The normalized spacial score (nSPS) is 10.9. The highest BCUT2D eigenvalue weighted by atomic mass is 35.5. The molecule has 3 rings (SSSR count). The maximum absolute atomic E-state index is 12.3. The van der Waals surface area contributed by atoms with Crippen LogP contribution in [0.5, 0.6) is 5.75 Å². The number of ether oxygens (including phenoxy) is 1. The summed E-state index contributed by atoms with van der Waals surface area (Å²) in [6, 6.07) is 11.0. The smallest absolute Gasteiger partial charge is 0.258 e. The number of thioether (sulfide) groups is 1. The Morgan fingerprint density at radius 3 is 2.66 bits per heavy atom. The minimum absolute atomic E-state index is 0.101. The monoisotopic (exact) mass is 535 g/mol. The summed E-state index contributed by atoms with van der Waals surface area (Å²) >= 11 is 13.3. The molecule has 0 aliphatic rings. The van der Waals surface area contributed by atoms with Crippen molar-refractivity contribution in [3.8, 4) is 5.75 Å². The summed E-state index contributed by atoms with van der Waals surface area (Å²) in [5.74, 6) is 1.13. The first kappa shape index (κ1) is 26.8. The lowest BCUT2D eigenvalue weighted by atomic mass is 10.0. The van der Waals surface area contributed by atoms with Crippen molar-refractivity contribution in [3.05, 3.63) is 63.4 Å². The number of benzene rings is 2. The average molecular weight is 536 g/mol. The number of carbonyl (C=O) groups is 2. The van der Waals surface area contributed by atoms with Gasteiger partial charge in [-0.15, -0.1) is 10.2 Å². The number of nitrogens with zero attached hydrogens (tertiary/aromatic N) is 3. The molecule has 0 fully saturated rings.